The number of carbonyl (C=O) groups is 1. The van der Waals surface area contributed by atoms with Crippen molar-refractivity contribution in [3.63, 3.8) is 0 Å². The second-order valence-corrected chi connectivity index (χ2v) is 3.74. The summed E-state index contributed by atoms with van der Waals surface area (Å²) < 4.78 is 0. The summed E-state index contributed by atoms with van der Waals surface area (Å²) >= 11 is 0. The zero-order chi connectivity index (χ0) is 11.1. The average Bonchev–Trinajstić information content (AvgIpc) is 2.68. The molecule has 0 atom stereocenters. The highest BCUT2D eigenvalue weighted by Crippen LogP contribution is 2.07. The predicted octanol–water partition coefficient (Wildman–Crippen LogP) is 0.907. The van der Waals surface area contributed by atoms with E-state index in [1.54, 1.807) is 0 Å². The maximum Gasteiger partial charge on any atom is 0.318 e. The first kappa shape index (κ1) is 11.8. The van der Waals surface area contributed by atoms with Gasteiger partial charge in [-0.15, -0.1) is 0 Å². The maximum absolute atomic E-state index is 10.8. The third-order valence-corrected chi connectivity index (χ3v) is 2.41. The lowest BCUT2D eigenvalue weighted by atomic mass is 10.3. The van der Waals surface area contributed by atoms with E-state index in [0.29, 0.717) is 5.96 Å². The molecule has 86 valence electrons. The number of aliphatic imine (C=N–C) groups is 1. The van der Waals surface area contributed by atoms with Gasteiger partial charge in [-0.2, -0.15) is 0 Å². The van der Waals surface area contributed by atoms with Crippen LogP contribution in [0.3, 0.4) is 0 Å². The molecule has 1 rings (SSSR count). The summed E-state index contributed by atoms with van der Waals surface area (Å²) in [5.41, 5.74) is 5.11. The first-order valence-electron chi connectivity index (χ1n) is 5.60. The fraction of sp³-hybridized carbons (Fsp3) is 0.800. The van der Waals surface area contributed by atoms with Crippen LogP contribution in [0.25, 0.3) is 0 Å². The number of primary amides is 1. The molecule has 1 saturated heterocycles. The van der Waals surface area contributed by atoms with Crippen molar-refractivity contribution in [2.24, 2.45) is 10.7 Å². The normalized spacial score (nSPS) is 16.9. The van der Waals surface area contributed by atoms with E-state index in [9.17, 15) is 4.79 Å². The van der Waals surface area contributed by atoms with Gasteiger partial charge in [-0.05, 0) is 19.3 Å². The monoisotopic (exact) mass is 212 g/mol. The van der Waals surface area contributed by atoms with E-state index in [1.165, 1.54) is 0 Å². The highest BCUT2D eigenvalue weighted by Gasteiger charge is 2.16. The molecule has 15 heavy (non-hydrogen) atoms. The van der Waals surface area contributed by atoms with E-state index in [-0.39, 0.29) is 0 Å². The van der Waals surface area contributed by atoms with Crippen molar-refractivity contribution in [3.05, 3.63) is 0 Å². The zero-order valence-corrected chi connectivity index (χ0v) is 9.33. The lowest BCUT2D eigenvalue weighted by molar-refractivity contribution is 0.252. The zero-order valence-electron chi connectivity index (χ0n) is 9.33. The van der Waals surface area contributed by atoms with E-state index in [0.717, 1.165) is 45.3 Å². The fourth-order valence-electron chi connectivity index (χ4n) is 1.60. The SMILES string of the molecule is CCCCN=C(NC(N)=O)N1CCCC1. The molecule has 0 aliphatic carbocycles. The van der Waals surface area contributed by atoms with Gasteiger partial charge in [0.05, 0.1) is 0 Å². The number of nitrogens with two attached hydrogens (primary N) is 1. The van der Waals surface area contributed by atoms with Crippen LogP contribution in [0.2, 0.25) is 0 Å². The minimum Gasteiger partial charge on any atom is -0.351 e. The number of unbranched alkanes of at least 4 members (excludes halogenated alkanes) is 1. The first-order valence-corrected chi connectivity index (χ1v) is 5.60. The summed E-state index contributed by atoms with van der Waals surface area (Å²) in [6.45, 7) is 4.80. The number of nitrogens with zero attached hydrogens (tertiary/aromatic N) is 2. The maximum atomic E-state index is 10.8. The van der Waals surface area contributed by atoms with Crippen LogP contribution < -0.4 is 11.1 Å². The third-order valence-electron chi connectivity index (χ3n) is 2.41. The van der Waals surface area contributed by atoms with E-state index >= 15 is 0 Å². The van der Waals surface area contributed by atoms with Gasteiger partial charge in [0, 0.05) is 19.6 Å². The number of likely N-dealkylation sites (tertiary alicyclic amines) is 1. The summed E-state index contributed by atoms with van der Waals surface area (Å²) in [4.78, 5) is 17.3. The van der Waals surface area contributed by atoms with Crippen molar-refractivity contribution in [1.29, 1.82) is 0 Å². The number of nitrogens with one attached hydrogen (secondary N) is 1. The Morgan fingerprint density at radius 3 is 2.67 bits per heavy atom. The second-order valence-electron chi connectivity index (χ2n) is 3.74. The number of carbonyl (C=O) groups excluding carboxylic acids is 1. The van der Waals surface area contributed by atoms with Gasteiger partial charge in [0.15, 0.2) is 0 Å². The minimum atomic E-state index is -0.530. The van der Waals surface area contributed by atoms with E-state index < -0.39 is 6.03 Å². The van der Waals surface area contributed by atoms with Gasteiger partial charge in [0.2, 0.25) is 5.96 Å². The summed E-state index contributed by atoms with van der Waals surface area (Å²) in [6.07, 6.45) is 4.46. The molecule has 1 aliphatic rings. The van der Waals surface area contributed by atoms with Crippen molar-refractivity contribution in [2.45, 2.75) is 32.6 Å². The van der Waals surface area contributed by atoms with Gasteiger partial charge >= 0.3 is 6.03 Å². The van der Waals surface area contributed by atoms with Crippen molar-refractivity contribution in [3.8, 4) is 0 Å². The van der Waals surface area contributed by atoms with E-state index in [2.05, 4.69) is 22.1 Å². The van der Waals surface area contributed by atoms with Gasteiger partial charge in [0.25, 0.3) is 0 Å². The van der Waals surface area contributed by atoms with Crippen LogP contribution in [0.5, 0.6) is 0 Å². The predicted molar refractivity (Wildman–Crippen MR) is 60.7 cm³/mol. The van der Waals surface area contributed by atoms with E-state index in [1.807, 2.05) is 0 Å². The summed E-state index contributed by atoms with van der Waals surface area (Å²) in [7, 11) is 0. The van der Waals surface area contributed by atoms with Crippen molar-refractivity contribution in [2.75, 3.05) is 19.6 Å². The lowest BCUT2D eigenvalue weighted by Gasteiger charge is -2.19. The van der Waals surface area contributed by atoms with Crippen LogP contribution >= 0.6 is 0 Å². The van der Waals surface area contributed by atoms with E-state index in [4.69, 9.17) is 5.73 Å². The summed E-state index contributed by atoms with van der Waals surface area (Å²) in [5.74, 6) is 0.647. The number of hydrogen-bond acceptors (Lipinski definition) is 2. The first-order chi connectivity index (χ1) is 7.24. The van der Waals surface area contributed by atoms with Gasteiger partial charge in [0.1, 0.15) is 0 Å². The van der Waals surface area contributed by atoms with Gasteiger partial charge in [-0.25, -0.2) is 4.79 Å². The van der Waals surface area contributed by atoms with Crippen LogP contribution in [0, 0.1) is 0 Å². The van der Waals surface area contributed by atoms with Crippen LogP contribution in [-0.4, -0.2) is 36.5 Å². The molecule has 2 amide bonds. The Hall–Kier alpha value is -1.26. The molecular formula is C10H20N4O. The Balaban J connectivity index is 2.50. The molecule has 0 spiro atoms. The standard InChI is InChI=1S/C10H20N4O/c1-2-3-6-12-10(13-9(11)15)14-7-4-5-8-14/h2-8H2,1H3,(H3,11,12,13,15). The minimum absolute atomic E-state index is 0.530. The Morgan fingerprint density at radius 2 is 2.13 bits per heavy atom. The quantitative estimate of drug-likeness (QED) is 0.414. The summed E-state index contributed by atoms with van der Waals surface area (Å²) in [6, 6.07) is -0.530. The molecule has 0 aromatic rings. The Labute approximate surface area is 90.7 Å². The topological polar surface area (TPSA) is 70.7 Å². The molecular weight excluding hydrogens is 192 g/mol. The molecule has 5 nitrogen and oxygen atoms in total. The molecule has 1 aliphatic heterocycles. The lowest BCUT2D eigenvalue weighted by Crippen LogP contribution is -2.45. The van der Waals surface area contributed by atoms with Crippen molar-refractivity contribution < 1.29 is 4.79 Å². The molecule has 0 unspecified atom stereocenters. The number of guanidine groups is 1. The number of urea groups is 1. The van der Waals surface area contributed by atoms with Crippen LogP contribution in [0.1, 0.15) is 32.6 Å². The molecule has 1 fully saturated rings. The highest BCUT2D eigenvalue weighted by atomic mass is 16.2. The Kier molecular flexibility index (Phi) is 4.93. The van der Waals surface area contributed by atoms with Gasteiger partial charge in [-0.1, -0.05) is 13.3 Å². The van der Waals surface area contributed by atoms with Crippen molar-refractivity contribution in [1.82, 2.24) is 10.2 Å². The third kappa shape index (κ3) is 4.18. The molecule has 0 saturated carbocycles. The van der Waals surface area contributed by atoms with Crippen LogP contribution in [-0.2, 0) is 0 Å². The number of hydrogen-bond donors (Lipinski definition) is 2. The molecule has 5 heteroatoms. The second kappa shape index (κ2) is 6.27. The molecule has 0 bridgehead atoms. The smallest absolute Gasteiger partial charge is 0.318 e. The average molecular weight is 212 g/mol. The molecule has 0 radical (unpaired) electrons. The molecule has 1 heterocycles. The fourth-order valence-corrected chi connectivity index (χ4v) is 1.60. The molecule has 3 N–H and O–H groups in total. The van der Waals surface area contributed by atoms with Crippen LogP contribution in [0.15, 0.2) is 4.99 Å². The Morgan fingerprint density at radius 1 is 1.47 bits per heavy atom. The number of rotatable bonds is 3. The Bertz CT molecular complexity index is 234. The summed E-state index contributed by atoms with van der Waals surface area (Å²) in [5, 5.41) is 2.60. The van der Waals surface area contributed by atoms with Gasteiger partial charge in [-0.3, -0.25) is 10.3 Å². The van der Waals surface area contributed by atoms with Gasteiger partial charge < -0.3 is 10.6 Å². The molecule has 0 aromatic heterocycles. The molecule has 0 aromatic carbocycles. The number of amides is 2. The largest absolute Gasteiger partial charge is 0.351 e. The highest BCUT2D eigenvalue weighted by molar-refractivity contribution is 5.95. The van der Waals surface area contributed by atoms with Crippen LogP contribution in [0.4, 0.5) is 4.79 Å². The van der Waals surface area contributed by atoms with Crippen molar-refractivity contribution >= 4 is 12.0 Å².